The summed E-state index contributed by atoms with van der Waals surface area (Å²) < 4.78 is 18.8. The van der Waals surface area contributed by atoms with E-state index in [1.165, 1.54) is 18.2 Å². The molecular weight excluding hydrogens is 235 g/mol. The molecule has 0 aliphatic carbocycles. The maximum absolute atomic E-state index is 13.3. The topological polar surface area (TPSA) is 53.3 Å². The lowest BCUT2D eigenvalue weighted by atomic mass is 9.84. The van der Waals surface area contributed by atoms with Crippen LogP contribution in [0.4, 0.5) is 4.39 Å². The Morgan fingerprint density at radius 3 is 2.78 bits per heavy atom. The molecule has 0 amide bonds. The SMILES string of the molecule is N#CN1CCC2(CC1)OC(=O)c1ccc(F)cc12. The maximum atomic E-state index is 13.3. The Hall–Kier alpha value is -2.09. The molecule has 1 aromatic carbocycles. The van der Waals surface area contributed by atoms with E-state index >= 15 is 0 Å². The molecule has 92 valence electrons. The van der Waals surface area contributed by atoms with E-state index in [1.54, 1.807) is 4.90 Å². The Balaban J connectivity index is 2.00. The monoisotopic (exact) mass is 246 g/mol. The number of hydrogen-bond donors (Lipinski definition) is 0. The standard InChI is InChI=1S/C13H11FN2O2/c14-9-1-2-10-11(7-9)13(18-12(10)17)3-5-16(8-15)6-4-13/h1-2,7H,3-6H2. The molecule has 3 rings (SSSR count). The van der Waals surface area contributed by atoms with E-state index in [9.17, 15) is 9.18 Å². The van der Waals surface area contributed by atoms with Gasteiger partial charge in [0.1, 0.15) is 11.4 Å². The van der Waals surface area contributed by atoms with Crippen LogP contribution in [0.1, 0.15) is 28.8 Å². The van der Waals surface area contributed by atoms with Crippen molar-refractivity contribution in [2.75, 3.05) is 13.1 Å². The third-order valence-corrected chi connectivity index (χ3v) is 3.69. The highest BCUT2D eigenvalue weighted by Gasteiger charge is 2.47. The molecule has 0 unspecified atom stereocenters. The van der Waals surface area contributed by atoms with Gasteiger partial charge in [0, 0.05) is 31.5 Å². The van der Waals surface area contributed by atoms with Crippen molar-refractivity contribution in [2.45, 2.75) is 18.4 Å². The van der Waals surface area contributed by atoms with Crippen molar-refractivity contribution in [1.82, 2.24) is 4.90 Å². The first-order valence-electron chi connectivity index (χ1n) is 5.83. The minimum absolute atomic E-state index is 0.367. The van der Waals surface area contributed by atoms with Gasteiger partial charge in [0.15, 0.2) is 6.19 Å². The predicted molar refractivity (Wildman–Crippen MR) is 59.9 cm³/mol. The van der Waals surface area contributed by atoms with Crippen LogP contribution < -0.4 is 0 Å². The lowest BCUT2D eigenvalue weighted by Gasteiger charge is -2.36. The van der Waals surface area contributed by atoms with Gasteiger partial charge in [-0.1, -0.05) is 0 Å². The minimum Gasteiger partial charge on any atom is -0.450 e. The van der Waals surface area contributed by atoms with Crippen molar-refractivity contribution in [3.8, 4) is 6.19 Å². The first-order chi connectivity index (χ1) is 8.64. The number of carbonyl (C=O) groups excluding carboxylic acids is 1. The van der Waals surface area contributed by atoms with Gasteiger partial charge < -0.3 is 9.64 Å². The van der Waals surface area contributed by atoms with Crippen LogP contribution in [-0.4, -0.2) is 24.0 Å². The van der Waals surface area contributed by atoms with Crippen molar-refractivity contribution in [3.63, 3.8) is 0 Å². The third kappa shape index (κ3) is 1.46. The molecule has 0 radical (unpaired) electrons. The highest BCUT2D eigenvalue weighted by Crippen LogP contribution is 2.44. The number of halogens is 1. The molecule has 1 aromatic rings. The fourth-order valence-electron chi connectivity index (χ4n) is 2.70. The van der Waals surface area contributed by atoms with E-state index in [-0.39, 0.29) is 5.82 Å². The zero-order chi connectivity index (χ0) is 12.8. The molecule has 1 fully saturated rings. The fraction of sp³-hybridized carbons (Fsp3) is 0.385. The Bertz CT molecular complexity index is 557. The number of esters is 1. The van der Waals surface area contributed by atoms with Gasteiger partial charge in [0.25, 0.3) is 0 Å². The zero-order valence-electron chi connectivity index (χ0n) is 9.65. The smallest absolute Gasteiger partial charge is 0.339 e. The number of benzene rings is 1. The summed E-state index contributed by atoms with van der Waals surface area (Å²) in [7, 11) is 0. The average molecular weight is 246 g/mol. The van der Waals surface area contributed by atoms with E-state index in [1.807, 2.05) is 0 Å². The fourth-order valence-corrected chi connectivity index (χ4v) is 2.70. The van der Waals surface area contributed by atoms with Crippen molar-refractivity contribution in [3.05, 3.63) is 35.1 Å². The number of piperidine rings is 1. The summed E-state index contributed by atoms with van der Waals surface area (Å²) >= 11 is 0. The first kappa shape index (κ1) is 11.0. The van der Waals surface area contributed by atoms with Crippen LogP contribution in [-0.2, 0) is 10.3 Å². The highest BCUT2D eigenvalue weighted by atomic mass is 19.1. The van der Waals surface area contributed by atoms with Gasteiger partial charge in [-0.05, 0) is 18.2 Å². The number of hydrogen-bond acceptors (Lipinski definition) is 4. The zero-order valence-corrected chi connectivity index (χ0v) is 9.65. The largest absolute Gasteiger partial charge is 0.450 e. The van der Waals surface area contributed by atoms with Crippen LogP contribution in [0.2, 0.25) is 0 Å². The minimum atomic E-state index is -0.734. The van der Waals surface area contributed by atoms with Gasteiger partial charge in [-0.15, -0.1) is 0 Å². The van der Waals surface area contributed by atoms with E-state index in [0.29, 0.717) is 37.1 Å². The van der Waals surface area contributed by atoms with E-state index in [0.717, 1.165) is 0 Å². The Morgan fingerprint density at radius 2 is 2.11 bits per heavy atom. The van der Waals surface area contributed by atoms with Crippen LogP contribution in [0.25, 0.3) is 0 Å². The number of rotatable bonds is 0. The summed E-state index contributed by atoms with van der Waals surface area (Å²) in [6.45, 7) is 1.06. The molecule has 1 saturated heterocycles. The van der Waals surface area contributed by atoms with E-state index in [2.05, 4.69) is 6.19 Å². The molecule has 0 atom stereocenters. The number of carbonyl (C=O) groups is 1. The van der Waals surface area contributed by atoms with E-state index in [4.69, 9.17) is 10.00 Å². The molecule has 1 spiro atoms. The molecule has 2 heterocycles. The van der Waals surface area contributed by atoms with E-state index < -0.39 is 11.6 Å². The molecule has 0 N–H and O–H groups in total. The number of fused-ring (bicyclic) bond motifs is 2. The number of likely N-dealkylation sites (tertiary alicyclic amines) is 1. The molecule has 0 bridgehead atoms. The lowest BCUT2D eigenvalue weighted by molar-refractivity contribution is -0.0359. The van der Waals surface area contributed by atoms with Crippen molar-refractivity contribution in [1.29, 1.82) is 5.26 Å². The molecular formula is C13H11FN2O2. The number of ether oxygens (including phenoxy) is 1. The molecule has 18 heavy (non-hydrogen) atoms. The summed E-state index contributed by atoms with van der Waals surface area (Å²) in [6.07, 6.45) is 3.14. The molecule has 4 nitrogen and oxygen atoms in total. The van der Waals surface area contributed by atoms with Crippen molar-refractivity contribution >= 4 is 5.97 Å². The van der Waals surface area contributed by atoms with Gasteiger partial charge >= 0.3 is 5.97 Å². The number of nitriles is 1. The summed E-state index contributed by atoms with van der Waals surface area (Å²) in [5, 5.41) is 8.82. The van der Waals surface area contributed by atoms with Gasteiger partial charge in [0.2, 0.25) is 0 Å². The van der Waals surface area contributed by atoms with Crippen LogP contribution in [0.5, 0.6) is 0 Å². The summed E-state index contributed by atoms with van der Waals surface area (Å²) in [5.41, 5.74) is 0.342. The van der Waals surface area contributed by atoms with Gasteiger partial charge in [0.05, 0.1) is 5.56 Å². The highest BCUT2D eigenvalue weighted by molar-refractivity contribution is 5.94. The van der Waals surface area contributed by atoms with Crippen molar-refractivity contribution < 1.29 is 13.9 Å². The quantitative estimate of drug-likeness (QED) is 0.517. The third-order valence-electron chi connectivity index (χ3n) is 3.69. The Labute approximate surface area is 104 Å². The molecule has 0 aromatic heterocycles. The second-order valence-electron chi connectivity index (χ2n) is 4.66. The van der Waals surface area contributed by atoms with Gasteiger partial charge in [-0.2, -0.15) is 5.26 Å². The lowest BCUT2D eigenvalue weighted by Crippen LogP contribution is -2.40. The van der Waals surface area contributed by atoms with Crippen LogP contribution in [0, 0.1) is 17.3 Å². The molecule has 2 aliphatic rings. The first-order valence-corrected chi connectivity index (χ1v) is 5.83. The summed E-state index contributed by atoms with van der Waals surface area (Å²) in [5.74, 6) is -0.760. The normalized spacial score (nSPS) is 20.4. The predicted octanol–water partition coefficient (Wildman–Crippen LogP) is 1.77. The van der Waals surface area contributed by atoms with Crippen LogP contribution in [0.15, 0.2) is 18.2 Å². The number of nitrogens with zero attached hydrogens (tertiary/aromatic N) is 2. The van der Waals surface area contributed by atoms with Crippen LogP contribution in [0.3, 0.4) is 0 Å². The summed E-state index contributed by atoms with van der Waals surface area (Å²) in [4.78, 5) is 13.4. The molecule has 5 heteroatoms. The Morgan fingerprint density at radius 1 is 1.39 bits per heavy atom. The van der Waals surface area contributed by atoms with Gasteiger partial charge in [-0.25, -0.2) is 9.18 Å². The molecule has 2 aliphatic heterocycles. The summed E-state index contributed by atoms with van der Waals surface area (Å²) in [6, 6.07) is 4.12. The second kappa shape index (κ2) is 3.70. The van der Waals surface area contributed by atoms with Crippen LogP contribution >= 0.6 is 0 Å². The molecule has 0 saturated carbocycles. The Kier molecular flexibility index (Phi) is 2.27. The van der Waals surface area contributed by atoms with Crippen molar-refractivity contribution in [2.24, 2.45) is 0 Å². The van der Waals surface area contributed by atoms with Gasteiger partial charge in [-0.3, -0.25) is 0 Å². The maximum Gasteiger partial charge on any atom is 0.339 e. The average Bonchev–Trinajstić information content (AvgIpc) is 2.63. The second-order valence-corrected chi connectivity index (χ2v) is 4.66.